The summed E-state index contributed by atoms with van der Waals surface area (Å²) in [5.41, 5.74) is 0.375. The van der Waals surface area contributed by atoms with E-state index in [0.717, 1.165) is 32.2 Å². The van der Waals surface area contributed by atoms with Crippen LogP contribution in [0.2, 0.25) is 0 Å². The van der Waals surface area contributed by atoms with Crippen LogP contribution in [0.3, 0.4) is 0 Å². The quantitative estimate of drug-likeness (QED) is 0.653. The van der Waals surface area contributed by atoms with Gasteiger partial charge in [-0.2, -0.15) is 0 Å². The smallest absolute Gasteiger partial charge is 0.240 e. The van der Waals surface area contributed by atoms with Crippen LogP contribution in [0.1, 0.15) is 45.1 Å². The number of benzene rings is 1. The fourth-order valence-corrected chi connectivity index (χ4v) is 3.04. The minimum Gasteiger partial charge on any atom is -0.313 e. The van der Waals surface area contributed by atoms with Crippen molar-refractivity contribution in [1.82, 2.24) is 10.0 Å². The fourth-order valence-electron chi connectivity index (χ4n) is 1.92. The Labute approximate surface area is 127 Å². The molecule has 0 aliphatic carbocycles. The topological polar surface area (TPSA) is 58.2 Å². The van der Waals surface area contributed by atoms with Gasteiger partial charge in [0.2, 0.25) is 10.0 Å². The van der Waals surface area contributed by atoms with E-state index in [9.17, 15) is 12.8 Å². The molecule has 1 aromatic carbocycles. The van der Waals surface area contributed by atoms with E-state index < -0.39 is 10.0 Å². The normalized spacial score (nSPS) is 11.8. The van der Waals surface area contributed by atoms with Crippen molar-refractivity contribution in [3.8, 4) is 0 Å². The molecule has 1 rings (SSSR count). The average Bonchev–Trinajstić information content (AvgIpc) is 2.45. The summed E-state index contributed by atoms with van der Waals surface area (Å²) in [7, 11) is -3.56. The molecule has 0 heterocycles. The molecule has 0 bridgehead atoms. The molecule has 1 aromatic rings. The van der Waals surface area contributed by atoms with Crippen molar-refractivity contribution in [3.63, 3.8) is 0 Å². The molecule has 0 aliphatic heterocycles. The summed E-state index contributed by atoms with van der Waals surface area (Å²) in [5, 5.41) is 3.08. The highest BCUT2D eigenvalue weighted by Gasteiger charge is 2.15. The zero-order valence-electron chi connectivity index (χ0n) is 12.8. The third kappa shape index (κ3) is 6.11. The first-order chi connectivity index (χ1) is 10.0. The van der Waals surface area contributed by atoms with Gasteiger partial charge in [-0.15, -0.1) is 0 Å². The molecule has 4 nitrogen and oxygen atoms in total. The van der Waals surface area contributed by atoms with Gasteiger partial charge >= 0.3 is 0 Å². The van der Waals surface area contributed by atoms with Gasteiger partial charge in [-0.05, 0) is 37.6 Å². The van der Waals surface area contributed by atoms with Crippen LogP contribution in [-0.4, -0.2) is 21.5 Å². The van der Waals surface area contributed by atoms with Crippen LogP contribution in [0.4, 0.5) is 4.39 Å². The lowest BCUT2D eigenvalue weighted by Crippen LogP contribution is -2.25. The lowest BCUT2D eigenvalue weighted by molar-refractivity contribution is 0.570. The van der Waals surface area contributed by atoms with Crippen LogP contribution in [0.15, 0.2) is 23.1 Å². The number of rotatable bonds is 10. The fraction of sp³-hybridized carbons (Fsp3) is 0.600. The highest BCUT2D eigenvalue weighted by molar-refractivity contribution is 7.89. The second-order valence-corrected chi connectivity index (χ2v) is 6.80. The van der Waals surface area contributed by atoms with Gasteiger partial charge in [0.05, 0.1) is 4.90 Å². The van der Waals surface area contributed by atoms with E-state index in [0.29, 0.717) is 18.7 Å². The molecule has 0 aliphatic rings. The molecular weight excluding hydrogens is 291 g/mol. The van der Waals surface area contributed by atoms with E-state index in [1.807, 2.05) is 6.92 Å². The molecule has 0 unspecified atom stereocenters. The molecule has 120 valence electrons. The van der Waals surface area contributed by atoms with E-state index in [-0.39, 0.29) is 10.7 Å². The monoisotopic (exact) mass is 316 g/mol. The summed E-state index contributed by atoms with van der Waals surface area (Å²) >= 11 is 0. The Morgan fingerprint density at radius 2 is 1.86 bits per heavy atom. The standard InChI is InChI=1S/C15H25FN2O2S/c1-3-5-6-10-18-21(19,20)14-7-8-15(16)13(11-14)12-17-9-4-2/h7-8,11,17-18H,3-6,9-10,12H2,1-2H3. The summed E-state index contributed by atoms with van der Waals surface area (Å²) in [4.78, 5) is 0.119. The lowest BCUT2D eigenvalue weighted by Gasteiger charge is -2.10. The average molecular weight is 316 g/mol. The third-order valence-electron chi connectivity index (χ3n) is 3.14. The summed E-state index contributed by atoms with van der Waals surface area (Å²) in [5.74, 6) is -0.386. The first kappa shape index (κ1) is 18.1. The molecule has 0 aromatic heterocycles. The van der Waals surface area contributed by atoms with Gasteiger partial charge in [-0.25, -0.2) is 17.5 Å². The Morgan fingerprint density at radius 3 is 2.52 bits per heavy atom. The lowest BCUT2D eigenvalue weighted by atomic mass is 10.2. The Hall–Kier alpha value is -0.980. The van der Waals surface area contributed by atoms with Gasteiger partial charge < -0.3 is 5.32 Å². The zero-order chi connectivity index (χ0) is 15.7. The van der Waals surface area contributed by atoms with Gasteiger partial charge in [0.25, 0.3) is 0 Å². The van der Waals surface area contributed by atoms with Gasteiger partial charge in [0.15, 0.2) is 0 Å². The SMILES string of the molecule is CCCCCNS(=O)(=O)c1ccc(F)c(CNCCC)c1. The van der Waals surface area contributed by atoms with Crippen LogP contribution >= 0.6 is 0 Å². The number of unbranched alkanes of at least 4 members (excludes halogenated alkanes) is 2. The number of sulfonamides is 1. The Balaban J connectivity index is 2.75. The predicted molar refractivity (Wildman–Crippen MR) is 83.1 cm³/mol. The van der Waals surface area contributed by atoms with Crippen molar-refractivity contribution in [2.24, 2.45) is 0 Å². The van der Waals surface area contributed by atoms with Crippen LogP contribution in [0, 0.1) is 5.82 Å². The van der Waals surface area contributed by atoms with Crippen molar-refractivity contribution in [1.29, 1.82) is 0 Å². The Bertz CT molecular complexity index is 532. The summed E-state index contributed by atoms with van der Waals surface area (Å²) in [6.45, 7) is 5.59. The first-order valence-corrected chi connectivity index (χ1v) is 8.98. The maximum absolute atomic E-state index is 13.7. The van der Waals surface area contributed by atoms with Gasteiger partial charge in [0, 0.05) is 18.7 Å². The number of halogens is 1. The van der Waals surface area contributed by atoms with Crippen molar-refractivity contribution in [3.05, 3.63) is 29.6 Å². The second kappa shape index (κ2) is 9.12. The zero-order valence-corrected chi connectivity index (χ0v) is 13.6. The number of hydrogen-bond donors (Lipinski definition) is 2. The number of hydrogen-bond acceptors (Lipinski definition) is 3. The highest BCUT2D eigenvalue weighted by Crippen LogP contribution is 2.15. The highest BCUT2D eigenvalue weighted by atomic mass is 32.2. The van der Waals surface area contributed by atoms with Gasteiger partial charge in [-0.3, -0.25) is 0 Å². The number of nitrogens with one attached hydrogen (secondary N) is 2. The first-order valence-electron chi connectivity index (χ1n) is 7.50. The van der Waals surface area contributed by atoms with Crippen LogP contribution in [-0.2, 0) is 16.6 Å². The van der Waals surface area contributed by atoms with Gasteiger partial charge in [-0.1, -0.05) is 26.7 Å². The molecular formula is C15H25FN2O2S. The van der Waals surface area contributed by atoms with Crippen molar-refractivity contribution in [2.45, 2.75) is 51.0 Å². The summed E-state index contributed by atoms with van der Waals surface area (Å²) < 4.78 is 40.5. The van der Waals surface area contributed by atoms with Gasteiger partial charge in [0.1, 0.15) is 5.82 Å². The van der Waals surface area contributed by atoms with E-state index in [1.54, 1.807) is 0 Å². The Kier molecular flexibility index (Phi) is 7.85. The molecule has 0 amide bonds. The molecule has 0 saturated carbocycles. The van der Waals surface area contributed by atoms with Crippen LogP contribution < -0.4 is 10.0 Å². The van der Waals surface area contributed by atoms with E-state index in [2.05, 4.69) is 17.0 Å². The molecule has 0 radical (unpaired) electrons. The minimum atomic E-state index is -3.56. The summed E-state index contributed by atoms with van der Waals surface area (Å²) in [6, 6.07) is 3.92. The molecule has 0 atom stereocenters. The predicted octanol–water partition coefficient (Wildman–Crippen LogP) is 2.79. The third-order valence-corrected chi connectivity index (χ3v) is 4.60. The van der Waals surface area contributed by atoms with Crippen LogP contribution in [0.5, 0.6) is 0 Å². The molecule has 0 fully saturated rings. The van der Waals surface area contributed by atoms with Crippen molar-refractivity contribution in [2.75, 3.05) is 13.1 Å². The largest absolute Gasteiger partial charge is 0.313 e. The van der Waals surface area contributed by atoms with E-state index in [4.69, 9.17) is 0 Å². The van der Waals surface area contributed by atoms with E-state index >= 15 is 0 Å². The molecule has 6 heteroatoms. The van der Waals surface area contributed by atoms with Crippen molar-refractivity contribution < 1.29 is 12.8 Å². The maximum atomic E-state index is 13.7. The molecule has 0 spiro atoms. The maximum Gasteiger partial charge on any atom is 0.240 e. The minimum absolute atomic E-state index is 0.119. The Morgan fingerprint density at radius 1 is 1.10 bits per heavy atom. The van der Waals surface area contributed by atoms with E-state index in [1.165, 1.54) is 18.2 Å². The molecule has 0 saturated heterocycles. The van der Waals surface area contributed by atoms with Crippen molar-refractivity contribution >= 4 is 10.0 Å². The molecule has 2 N–H and O–H groups in total. The summed E-state index contributed by atoms with van der Waals surface area (Å²) in [6.07, 6.45) is 3.77. The van der Waals surface area contributed by atoms with Crippen LogP contribution in [0.25, 0.3) is 0 Å². The second-order valence-electron chi connectivity index (χ2n) is 5.03. The molecule has 21 heavy (non-hydrogen) atoms.